The molecule has 1 N–H and O–H groups in total. The Hall–Kier alpha value is -1.12. The maximum Gasteiger partial charge on any atom is 0.248 e. The average Bonchev–Trinajstić information content (AvgIpc) is 2.55. The van der Waals surface area contributed by atoms with Crippen molar-refractivity contribution in [3.8, 4) is 0 Å². The van der Waals surface area contributed by atoms with Crippen molar-refractivity contribution in [1.82, 2.24) is 9.62 Å². The van der Waals surface area contributed by atoms with Crippen LogP contribution in [-0.4, -0.2) is 38.9 Å². The van der Waals surface area contributed by atoms with E-state index in [9.17, 15) is 21.6 Å². The van der Waals surface area contributed by atoms with Crippen LogP contribution in [0.5, 0.6) is 0 Å². The van der Waals surface area contributed by atoms with Gasteiger partial charge < -0.3 is 5.32 Å². The second-order valence-corrected chi connectivity index (χ2v) is 6.08. The second-order valence-electron chi connectivity index (χ2n) is 4.21. The average molecular weight is 294 g/mol. The molecule has 0 unspecified atom stereocenters. The first kappa shape index (κ1) is 14.3. The summed E-state index contributed by atoms with van der Waals surface area (Å²) in [7, 11) is -4.29. The van der Waals surface area contributed by atoms with Gasteiger partial charge in [-0.2, -0.15) is 4.31 Å². The van der Waals surface area contributed by atoms with E-state index >= 15 is 0 Å². The molecule has 0 bridgehead atoms. The molecule has 0 amide bonds. The highest BCUT2D eigenvalue weighted by Gasteiger charge is 2.31. The first-order chi connectivity index (χ1) is 8.93. The molecule has 19 heavy (non-hydrogen) atoms. The van der Waals surface area contributed by atoms with Crippen LogP contribution in [0.1, 0.15) is 6.42 Å². The maximum atomic E-state index is 13.6. The number of halogens is 3. The van der Waals surface area contributed by atoms with Crippen LogP contribution in [0.2, 0.25) is 0 Å². The van der Waals surface area contributed by atoms with Crippen LogP contribution in [0, 0.1) is 17.5 Å². The first-order valence-electron chi connectivity index (χ1n) is 5.78. The SMILES string of the molecule is O=S(=O)(c1c(F)cc(F)cc1F)N1CCCNCC1. The lowest BCUT2D eigenvalue weighted by atomic mass is 10.3. The Bertz CT molecular complexity index is 546. The van der Waals surface area contributed by atoms with Crippen LogP contribution in [0.3, 0.4) is 0 Å². The van der Waals surface area contributed by atoms with Gasteiger partial charge in [0, 0.05) is 31.8 Å². The number of hydrogen-bond donors (Lipinski definition) is 1. The summed E-state index contributed by atoms with van der Waals surface area (Å²) >= 11 is 0. The monoisotopic (exact) mass is 294 g/mol. The minimum absolute atomic E-state index is 0.124. The summed E-state index contributed by atoms with van der Waals surface area (Å²) in [6.45, 7) is 1.34. The van der Waals surface area contributed by atoms with Gasteiger partial charge in [0.1, 0.15) is 17.5 Å². The Morgan fingerprint density at radius 2 is 1.68 bits per heavy atom. The molecule has 8 heteroatoms. The summed E-state index contributed by atoms with van der Waals surface area (Å²) in [5.41, 5.74) is 0. The van der Waals surface area contributed by atoms with Crippen molar-refractivity contribution in [1.29, 1.82) is 0 Å². The predicted octanol–water partition coefficient (Wildman–Crippen LogP) is 1.09. The predicted molar refractivity (Wildman–Crippen MR) is 62.6 cm³/mol. The number of sulfonamides is 1. The molecule has 1 saturated heterocycles. The normalized spacial score (nSPS) is 18.3. The van der Waals surface area contributed by atoms with Gasteiger partial charge in [-0.25, -0.2) is 21.6 Å². The van der Waals surface area contributed by atoms with E-state index in [-0.39, 0.29) is 13.1 Å². The zero-order valence-electron chi connectivity index (χ0n) is 10.00. The highest BCUT2D eigenvalue weighted by molar-refractivity contribution is 7.89. The molecule has 1 aliphatic rings. The quantitative estimate of drug-likeness (QED) is 0.888. The van der Waals surface area contributed by atoms with E-state index in [0.29, 0.717) is 31.6 Å². The van der Waals surface area contributed by atoms with Crippen molar-refractivity contribution in [3.63, 3.8) is 0 Å². The second kappa shape index (κ2) is 5.48. The Labute approximate surface area is 109 Å². The zero-order chi connectivity index (χ0) is 14.0. The topological polar surface area (TPSA) is 49.4 Å². The van der Waals surface area contributed by atoms with Gasteiger partial charge in [0.05, 0.1) is 0 Å². The molecule has 0 radical (unpaired) electrons. The highest BCUT2D eigenvalue weighted by Crippen LogP contribution is 2.24. The molecule has 1 aliphatic heterocycles. The molecule has 106 valence electrons. The van der Waals surface area contributed by atoms with E-state index in [2.05, 4.69) is 5.32 Å². The summed E-state index contributed by atoms with van der Waals surface area (Å²) in [5, 5.41) is 2.99. The summed E-state index contributed by atoms with van der Waals surface area (Å²) in [6.07, 6.45) is 0.545. The lowest BCUT2D eigenvalue weighted by Crippen LogP contribution is -2.35. The third-order valence-electron chi connectivity index (χ3n) is 2.86. The Morgan fingerprint density at radius 3 is 2.32 bits per heavy atom. The fraction of sp³-hybridized carbons (Fsp3) is 0.455. The van der Waals surface area contributed by atoms with Gasteiger partial charge in [0.2, 0.25) is 10.0 Å². The summed E-state index contributed by atoms with van der Waals surface area (Å²) in [5.74, 6) is -3.96. The Morgan fingerprint density at radius 1 is 1.05 bits per heavy atom. The van der Waals surface area contributed by atoms with Gasteiger partial charge in [-0.1, -0.05) is 0 Å². The van der Waals surface area contributed by atoms with Crippen molar-refractivity contribution >= 4 is 10.0 Å². The lowest BCUT2D eigenvalue weighted by Gasteiger charge is -2.20. The Kier molecular flexibility index (Phi) is 4.12. The fourth-order valence-electron chi connectivity index (χ4n) is 1.97. The van der Waals surface area contributed by atoms with Gasteiger partial charge in [-0.3, -0.25) is 0 Å². The number of nitrogens with one attached hydrogen (secondary N) is 1. The molecule has 0 atom stereocenters. The molecule has 0 spiro atoms. The summed E-state index contributed by atoms with van der Waals surface area (Å²) < 4.78 is 65.3. The van der Waals surface area contributed by atoms with Crippen molar-refractivity contribution < 1.29 is 21.6 Å². The van der Waals surface area contributed by atoms with E-state index in [4.69, 9.17) is 0 Å². The molecule has 1 aromatic rings. The molecular formula is C11H13F3N2O2S. The van der Waals surface area contributed by atoms with Gasteiger partial charge >= 0.3 is 0 Å². The fourth-order valence-corrected chi connectivity index (χ4v) is 3.54. The molecule has 1 heterocycles. The van der Waals surface area contributed by atoms with Crippen molar-refractivity contribution in [2.45, 2.75) is 11.3 Å². The minimum Gasteiger partial charge on any atom is -0.315 e. The Balaban J connectivity index is 2.44. The van der Waals surface area contributed by atoms with E-state index in [1.165, 1.54) is 0 Å². The van der Waals surface area contributed by atoms with Crippen LogP contribution < -0.4 is 5.32 Å². The minimum atomic E-state index is -4.29. The van der Waals surface area contributed by atoms with Crippen LogP contribution in [0.25, 0.3) is 0 Å². The molecular weight excluding hydrogens is 281 g/mol. The molecule has 1 fully saturated rings. The zero-order valence-corrected chi connectivity index (χ0v) is 10.8. The van der Waals surface area contributed by atoms with E-state index in [1.54, 1.807) is 0 Å². The molecule has 0 saturated carbocycles. The van der Waals surface area contributed by atoms with Gasteiger partial charge in [-0.15, -0.1) is 0 Å². The summed E-state index contributed by atoms with van der Waals surface area (Å²) in [4.78, 5) is -1.09. The third kappa shape index (κ3) is 2.90. The lowest BCUT2D eigenvalue weighted by molar-refractivity contribution is 0.418. The molecule has 4 nitrogen and oxygen atoms in total. The van der Waals surface area contributed by atoms with E-state index in [1.807, 2.05) is 0 Å². The maximum absolute atomic E-state index is 13.6. The smallest absolute Gasteiger partial charge is 0.248 e. The highest BCUT2D eigenvalue weighted by atomic mass is 32.2. The van der Waals surface area contributed by atoms with Crippen molar-refractivity contribution in [3.05, 3.63) is 29.6 Å². The molecule has 1 aromatic carbocycles. The molecule has 0 aliphatic carbocycles. The summed E-state index contributed by atoms with van der Waals surface area (Å²) in [6, 6.07) is 0.734. The number of rotatable bonds is 2. The largest absolute Gasteiger partial charge is 0.315 e. The van der Waals surface area contributed by atoms with Crippen molar-refractivity contribution in [2.75, 3.05) is 26.2 Å². The van der Waals surface area contributed by atoms with Crippen LogP contribution >= 0.6 is 0 Å². The number of benzene rings is 1. The van der Waals surface area contributed by atoms with Crippen molar-refractivity contribution in [2.24, 2.45) is 0 Å². The number of hydrogen-bond acceptors (Lipinski definition) is 3. The van der Waals surface area contributed by atoms with E-state index in [0.717, 1.165) is 4.31 Å². The van der Waals surface area contributed by atoms with Crippen LogP contribution in [0.4, 0.5) is 13.2 Å². The van der Waals surface area contributed by atoms with Gasteiger partial charge in [0.25, 0.3) is 0 Å². The van der Waals surface area contributed by atoms with Gasteiger partial charge in [0.15, 0.2) is 4.90 Å². The first-order valence-corrected chi connectivity index (χ1v) is 7.22. The molecule has 2 rings (SSSR count). The molecule has 0 aromatic heterocycles. The number of nitrogens with zero attached hydrogens (tertiary/aromatic N) is 1. The van der Waals surface area contributed by atoms with E-state index < -0.39 is 32.4 Å². The standard InChI is InChI=1S/C11H13F3N2O2S/c12-8-6-9(13)11(10(14)7-8)19(17,18)16-4-1-2-15-3-5-16/h6-7,15H,1-5H2. The van der Waals surface area contributed by atoms with Crippen LogP contribution in [-0.2, 0) is 10.0 Å². The van der Waals surface area contributed by atoms with Crippen LogP contribution in [0.15, 0.2) is 17.0 Å². The van der Waals surface area contributed by atoms with Gasteiger partial charge in [-0.05, 0) is 13.0 Å². The third-order valence-corrected chi connectivity index (χ3v) is 4.81.